The molecule has 4 N–H and O–H groups in total. The van der Waals surface area contributed by atoms with Gasteiger partial charge in [-0.15, -0.1) is 0 Å². The summed E-state index contributed by atoms with van der Waals surface area (Å²) in [5, 5.41) is 22.7. The van der Waals surface area contributed by atoms with E-state index >= 15 is 0 Å². The molecule has 1 saturated heterocycles. The maximum atomic E-state index is 14.9. The number of halogens is 1. The second-order valence-corrected chi connectivity index (χ2v) is 10.3. The van der Waals surface area contributed by atoms with Gasteiger partial charge in [-0.25, -0.2) is 4.79 Å². The number of hydrogen-bond acceptors (Lipinski definition) is 6. The number of hydrogen-bond donors (Lipinski definition) is 3. The normalized spacial score (nSPS) is 20.0. The maximum Gasteiger partial charge on any atom is 0.366 e. The van der Waals surface area contributed by atoms with Crippen molar-refractivity contribution in [3.63, 3.8) is 0 Å². The highest BCUT2D eigenvalue weighted by Crippen LogP contribution is 2.50. The lowest BCUT2D eigenvalue weighted by Crippen LogP contribution is -2.59. The molecule has 1 unspecified atom stereocenters. The number of rotatable bonds is 4. The molecule has 1 atom stereocenters. The highest BCUT2D eigenvalue weighted by Gasteiger charge is 2.74. The van der Waals surface area contributed by atoms with Gasteiger partial charge in [0.05, 0.1) is 5.69 Å². The van der Waals surface area contributed by atoms with Gasteiger partial charge < -0.3 is 10.2 Å². The number of carbonyl (C=O) groups is 3. The highest BCUT2D eigenvalue weighted by molar-refractivity contribution is 9.10. The summed E-state index contributed by atoms with van der Waals surface area (Å²) in [5.41, 5.74) is 4.71. The number of benzene rings is 4. The van der Waals surface area contributed by atoms with Gasteiger partial charge in [-0.05, 0) is 42.5 Å². The summed E-state index contributed by atoms with van der Waals surface area (Å²) in [7, 11) is 0. The fourth-order valence-electron chi connectivity index (χ4n) is 5.36. The van der Waals surface area contributed by atoms with Gasteiger partial charge in [-0.1, -0.05) is 82.7 Å². The number of nitrogens with zero attached hydrogens (tertiary/aromatic N) is 3. The highest BCUT2D eigenvalue weighted by atomic mass is 79.9. The summed E-state index contributed by atoms with van der Waals surface area (Å²) in [5.74, 6) is -4.12. The Balaban J connectivity index is 1.79. The van der Waals surface area contributed by atoms with Crippen molar-refractivity contribution < 1.29 is 29.2 Å². The standard InChI is InChI=1S/C31H21BrN4O5/c32-20-16-17-24(37)23(18-20)36-28(40)27(39)25(26(38)19-10-4-1-5-11-19)31(36)29(41)34(21-12-6-2-7-13-21)30(33)35(31)22-14-8-3-9-15-22/h1-18,33H,(H2,37,38,39)/p+1. The van der Waals surface area contributed by atoms with Crippen LogP contribution in [0.3, 0.4) is 0 Å². The second-order valence-electron chi connectivity index (χ2n) is 9.37. The predicted octanol–water partition coefficient (Wildman–Crippen LogP) is 4.44. The Morgan fingerprint density at radius 1 is 0.829 bits per heavy atom. The van der Waals surface area contributed by atoms with Crippen LogP contribution in [0, 0.1) is 0 Å². The van der Waals surface area contributed by atoms with Crippen molar-refractivity contribution >= 4 is 62.3 Å². The number of carbonyl (C=O) groups excluding carboxylic acids is 3. The molecule has 41 heavy (non-hydrogen) atoms. The number of amides is 2. The minimum absolute atomic E-state index is 0.118. The van der Waals surface area contributed by atoms with Crippen molar-refractivity contribution in [2.45, 2.75) is 5.66 Å². The quantitative estimate of drug-likeness (QED) is 0.136. The Hall–Kier alpha value is -5.22. The first-order valence-corrected chi connectivity index (χ1v) is 13.3. The van der Waals surface area contributed by atoms with Gasteiger partial charge in [0.1, 0.15) is 28.5 Å². The Morgan fingerprint density at radius 2 is 1.41 bits per heavy atom. The molecule has 1 spiro atoms. The Kier molecular flexibility index (Phi) is 6.19. The number of nitrogens with two attached hydrogens (primary N) is 1. The van der Waals surface area contributed by atoms with Crippen LogP contribution < -0.4 is 15.5 Å². The van der Waals surface area contributed by atoms with E-state index in [1.54, 1.807) is 97.1 Å². The fraction of sp³-hybridized carbons (Fsp3) is 0.0323. The number of phenols is 1. The minimum Gasteiger partial charge on any atom is -0.507 e. The molecule has 0 aliphatic carbocycles. The Morgan fingerprint density at radius 3 is 2.05 bits per heavy atom. The third kappa shape index (κ3) is 3.75. The van der Waals surface area contributed by atoms with Crippen molar-refractivity contribution in [3.8, 4) is 5.75 Å². The van der Waals surface area contributed by atoms with Gasteiger partial charge in [0.2, 0.25) is 0 Å². The third-order valence-electron chi connectivity index (χ3n) is 7.07. The van der Waals surface area contributed by atoms with Crippen LogP contribution in [0.25, 0.3) is 5.76 Å². The summed E-state index contributed by atoms with van der Waals surface area (Å²) in [4.78, 5) is 45.0. The van der Waals surface area contributed by atoms with Crippen LogP contribution in [0.2, 0.25) is 0 Å². The number of para-hydroxylation sites is 2. The van der Waals surface area contributed by atoms with E-state index in [4.69, 9.17) is 5.73 Å². The first kappa shape index (κ1) is 26.0. The number of ketones is 1. The summed E-state index contributed by atoms with van der Waals surface area (Å²) < 4.78 is 1.82. The van der Waals surface area contributed by atoms with Gasteiger partial charge in [0.25, 0.3) is 5.78 Å². The zero-order chi connectivity index (χ0) is 28.9. The molecule has 2 aliphatic rings. The molecule has 0 saturated carbocycles. The molecule has 2 amide bonds. The minimum atomic E-state index is -2.35. The van der Waals surface area contributed by atoms with E-state index in [0.717, 1.165) is 4.90 Å². The van der Waals surface area contributed by atoms with E-state index < -0.39 is 34.6 Å². The van der Waals surface area contributed by atoms with Crippen LogP contribution in [-0.2, 0) is 14.4 Å². The number of aliphatic hydroxyl groups excluding tert-OH is 1. The lowest BCUT2D eigenvalue weighted by molar-refractivity contribution is -0.494. The van der Waals surface area contributed by atoms with Crippen molar-refractivity contribution in [1.82, 2.24) is 0 Å². The SMILES string of the molecule is NC1=[N+](c2ccccc2)C2(C(=O)N1c1ccccc1)/C(=C(\O)c1ccccc1)C(=O)C(=O)N2c1cc(Br)ccc1O. The largest absolute Gasteiger partial charge is 0.507 e. The summed E-state index contributed by atoms with van der Waals surface area (Å²) in [6.07, 6.45) is 0. The molecule has 2 heterocycles. The van der Waals surface area contributed by atoms with Gasteiger partial charge in [-0.3, -0.25) is 20.2 Å². The van der Waals surface area contributed by atoms with Crippen LogP contribution in [0.15, 0.2) is 119 Å². The van der Waals surface area contributed by atoms with E-state index in [9.17, 15) is 24.6 Å². The number of Topliss-reactive ketones (excluding diaryl/α,β-unsaturated/α-hetero) is 1. The number of guanidine groups is 1. The van der Waals surface area contributed by atoms with Crippen LogP contribution in [0.1, 0.15) is 5.56 Å². The third-order valence-corrected chi connectivity index (χ3v) is 7.56. The number of aliphatic hydroxyl groups is 1. The molecule has 0 aromatic heterocycles. The average molecular weight is 610 g/mol. The van der Waals surface area contributed by atoms with Crippen LogP contribution >= 0.6 is 15.9 Å². The summed E-state index contributed by atoms with van der Waals surface area (Å²) in [6, 6.07) is 29.5. The average Bonchev–Trinajstić information content (AvgIpc) is 3.36. The fourth-order valence-corrected chi connectivity index (χ4v) is 5.71. The monoisotopic (exact) mass is 609 g/mol. The van der Waals surface area contributed by atoms with E-state index in [1.165, 1.54) is 21.6 Å². The van der Waals surface area contributed by atoms with Gasteiger partial charge in [0.15, 0.2) is 0 Å². The van der Waals surface area contributed by atoms with Crippen LogP contribution in [0.4, 0.5) is 17.1 Å². The molecule has 4 aromatic carbocycles. The molecule has 10 heteroatoms. The summed E-state index contributed by atoms with van der Waals surface area (Å²) in [6.45, 7) is 0. The van der Waals surface area contributed by atoms with Crippen molar-refractivity contribution in [2.75, 3.05) is 9.80 Å². The number of phenolic OH excluding ortho intramolecular Hbond substituents is 1. The number of aromatic hydroxyl groups is 1. The molecule has 4 aromatic rings. The zero-order valence-electron chi connectivity index (χ0n) is 21.3. The van der Waals surface area contributed by atoms with Crippen LogP contribution in [0.5, 0.6) is 5.75 Å². The van der Waals surface area contributed by atoms with E-state index in [2.05, 4.69) is 15.9 Å². The predicted molar refractivity (Wildman–Crippen MR) is 157 cm³/mol. The van der Waals surface area contributed by atoms with Crippen molar-refractivity contribution in [3.05, 3.63) is 125 Å². The molecule has 1 fully saturated rings. The number of anilines is 2. The van der Waals surface area contributed by atoms with E-state index in [-0.39, 0.29) is 23.0 Å². The first-order valence-electron chi connectivity index (χ1n) is 12.5. The molecule has 9 nitrogen and oxygen atoms in total. The zero-order valence-corrected chi connectivity index (χ0v) is 22.9. The molecule has 0 bridgehead atoms. The molecular weight excluding hydrogens is 588 g/mol. The maximum absolute atomic E-state index is 14.9. The molecule has 0 radical (unpaired) electrons. The lowest BCUT2D eigenvalue weighted by atomic mass is 9.93. The van der Waals surface area contributed by atoms with E-state index in [0.29, 0.717) is 15.8 Å². The van der Waals surface area contributed by atoms with E-state index in [1.807, 2.05) is 0 Å². The van der Waals surface area contributed by atoms with Gasteiger partial charge in [0, 0.05) is 10.0 Å². The molecular formula is C31H22BrN4O5+. The van der Waals surface area contributed by atoms with Crippen molar-refractivity contribution in [2.24, 2.45) is 5.73 Å². The van der Waals surface area contributed by atoms with Gasteiger partial charge >= 0.3 is 23.4 Å². The lowest BCUT2D eigenvalue weighted by Gasteiger charge is -2.33. The molecule has 202 valence electrons. The first-order chi connectivity index (χ1) is 19.8. The molecule has 6 rings (SSSR count). The van der Waals surface area contributed by atoms with Crippen molar-refractivity contribution in [1.29, 1.82) is 0 Å². The summed E-state index contributed by atoms with van der Waals surface area (Å²) >= 11 is 3.36. The Bertz CT molecular complexity index is 1790. The second kappa shape index (κ2) is 9.76. The smallest absolute Gasteiger partial charge is 0.366 e. The molecule has 2 aliphatic heterocycles. The topological polar surface area (TPSA) is 127 Å². The van der Waals surface area contributed by atoms with Gasteiger partial charge in [-0.2, -0.15) is 9.48 Å². The van der Waals surface area contributed by atoms with Crippen LogP contribution in [-0.4, -0.2) is 44.0 Å². The Labute approximate surface area is 242 Å².